The fourth-order valence-corrected chi connectivity index (χ4v) is 5.93. The Hall–Kier alpha value is -1.31. The third-order valence-corrected chi connectivity index (χ3v) is 8.38. The van der Waals surface area contributed by atoms with Crippen molar-refractivity contribution in [3.05, 3.63) is 29.8 Å². The predicted octanol–water partition coefficient (Wildman–Crippen LogP) is 2.21. The monoisotopic (exact) mass is 430 g/mol. The fraction of sp³-hybridized carbons (Fsp3) is 0.650. The van der Waals surface area contributed by atoms with Gasteiger partial charge >= 0.3 is 0 Å². The van der Waals surface area contributed by atoms with Gasteiger partial charge in [0, 0.05) is 18.2 Å². The van der Waals surface area contributed by atoms with E-state index in [4.69, 9.17) is 4.74 Å². The molecule has 0 unspecified atom stereocenters. The van der Waals surface area contributed by atoms with Gasteiger partial charge in [-0.2, -0.15) is 0 Å². The lowest BCUT2D eigenvalue weighted by Gasteiger charge is -2.36. The van der Waals surface area contributed by atoms with Crippen LogP contribution in [-0.4, -0.2) is 52.1 Å². The van der Waals surface area contributed by atoms with Crippen LogP contribution >= 0.6 is 12.4 Å². The molecular formula is C20H31ClN2O4S. The van der Waals surface area contributed by atoms with E-state index in [9.17, 15) is 13.2 Å². The molecule has 2 aliphatic rings. The van der Waals surface area contributed by atoms with Gasteiger partial charge in [0.1, 0.15) is 5.75 Å². The first-order valence-electron chi connectivity index (χ1n) is 9.66. The lowest BCUT2D eigenvalue weighted by molar-refractivity contribution is -0.124. The van der Waals surface area contributed by atoms with E-state index in [0.717, 1.165) is 37.0 Å². The average molecular weight is 431 g/mol. The molecule has 2 fully saturated rings. The van der Waals surface area contributed by atoms with Crippen LogP contribution < -0.4 is 15.4 Å². The van der Waals surface area contributed by atoms with Crippen LogP contribution in [-0.2, 0) is 20.0 Å². The number of rotatable bonds is 6. The Balaban J connectivity index is 0.00000280. The zero-order chi connectivity index (χ0) is 19.5. The van der Waals surface area contributed by atoms with Gasteiger partial charge in [0.25, 0.3) is 0 Å². The first kappa shape index (κ1) is 23.0. The molecule has 3 rings (SSSR count). The molecule has 28 heavy (non-hydrogen) atoms. The minimum absolute atomic E-state index is 0. The molecule has 0 bridgehead atoms. The Morgan fingerprint density at radius 2 is 1.82 bits per heavy atom. The number of piperidine rings is 1. The number of methoxy groups -OCH3 is 1. The summed E-state index contributed by atoms with van der Waals surface area (Å²) in [6.07, 6.45) is 6.00. The fourth-order valence-electron chi connectivity index (χ4n) is 4.58. The SMILES string of the molecule is COc1cccc(C2(CNC(=O)C3(S(C)(=O)=O)CCNCC3)CCCC2)c1.Cl. The van der Waals surface area contributed by atoms with Crippen LogP contribution in [0.3, 0.4) is 0 Å². The first-order chi connectivity index (χ1) is 12.8. The molecule has 1 aromatic rings. The minimum atomic E-state index is -3.50. The number of hydrogen-bond acceptors (Lipinski definition) is 5. The summed E-state index contributed by atoms with van der Waals surface area (Å²) in [4.78, 5) is 13.1. The van der Waals surface area contributed by atoms with E-state index in [2.05, 4.69) is 16.7 Å². The third kappa shape index (κ3) is 4.31. The quantitative estimate of drug-likeness (QED) is 0.722. The Kier molecular flexibility index (Phi) is 7.39. The summed E-state index contributed by atoms with van der Waals surface area (Å²) >= 11 is 0. The second-order valence-corrected chi connectivity index (χ2v) is 10.2. The van der Waals surface area contributed by atoms with Crippen molar-refractivity contribution in [1.82, 2.24) is 10.6 Å². The number of benzene rings is 1. The van der Waals surface area contributed by atoms with Crippen molar-refractivity contribution in [1.29, 1.82) is 0 Å². The molecule has 1 saturated heterocycles. The summed E-state index contributed by atoms with van der Waals surface area (Å²) in [7, 11) is -1.85. The topological polar surface area (TPSA) is 84.5 Å². The highest BCUT2D eigenvalue weighted by atomic mass is 35.5. The second-order valence-electron chi connectivity index (χ2n) is 7.92. The summed E-state index contributed by atoms with van der Waals surface area (Å²) < 4.78 is 29.0. The van der Waals surface area contributed by atoms with Gasteiger partial charge in [0.05, 0.1) is 7.11 Å². The van der Waals surface area contributed by atoms with Crippen LogP contribution in [0.25, 0.3) is 0 Å². The largest absolute Gasteiger partial charge is 0.497 e. The van der Waals surface area contributed by atoms with E-state index in [1.807, 2.05) is 18.2 Å². The van der Waals surface area contributed by atoms with Gasteiger partial charge in [0.15, 0.2) is 14.6 Å². The molecule has 2 N–H and O–H groups in total. The van der Waals surface area contributed by atoms with Crippen LogP contribution in [0, 0.1) is 0 Å². The van der Waals surface area contributed by atoms with Gasteiger partial charge in [-0.25, -0.2) is 8.42 Å². The number of amides is 1. The van der Waals surface area contributed by atoms with E-state index < -0.39 is 14.6 Å². The zero-order valence-electron chi connectivity index (χ0n) is 16.6. The van der Waals surface area contributed by atoms with Crippen molar-refractivity contribution >= 4 is 28.2 Å². The van der Waals surface area contributed by atoms with Crippen molar-refractivity contribution in [3.8, 4) is 5.75 Å². The Bertz CT molecular complexity index is 785. The van der Waals surface area contributed by atoms with Crippen molar-refractivity contribution in [2.24, 2.45) is 0 Å². The van der Waals surface area contributed by atoms with Gasteiger partial charge in [-0.1, -0.05) is 25.0 Å². The highest BCUT2D eigenvalue weighted by Crippen LogP contribution is 2.42. The average Bonchev–Trinajstić information content (AvgIpc) is 3.16. The summed E-state index contributed by atoms with van der Waals surface area (Å²) in [6, 6.07) is 8.00. The van der Waals surface area contributed by atoms with Crippen molar-refractivity contribution in [2.45, 2.75) is 48.7 Å². The highest BCUT2D eigenvalue weighted by Gasteiger charge is 2.49. The van der Waals surface area contributed by atoms with Gasteiger partial charge < -0.3 is 15.4 Å². The molecule has 1 aliphatic carbocycles. The molecule has 0 radical (unpaired) electrons. The molecule has 8 heteroatoms. The maximum atomic E-state index is 13.1. The van der Waals surface area contributed by atoms with Crippen molar-refractivity contribution in [3.63, 3.8) is 0 Å². The van der Waals surface area contributed by atoms with E-state index in [1.54, 1.807) is 7.11 Å². The molecule has 1 aromatic carbocycles. The van der Waals surface area contributed by atoms with Crippen molar-refractivity contribution in [2.75, 3.05) is 33.0 Å². The Morgan fingerprint density at radius 3 is 2.39 bits per heavy atom. The summed E-state index contributed by atoms with van der Waals surface area (Å²) in [5, 5.41) is 6.18. The molecule has 1 amide bonds. The van der Waals surface area contributed by atoms with E-state index in [0.29, 0.717) is 32.5 Å². The molecule has 0 atom stereocenters. The first-order valence-corrected chi connectivity index (χ1v) is 11.6. The number of carbonyl (C=O) groups excluding carboxylic acids is 1. The van der Waals surface area contributed by atoms with E-state index >= 15 is 0 Å². The lowest BCUT2D eigenvalue weighted by Crippen LogP contribution is -2.58. The number of hydrogen-bond donors (Lipinski definition) is 2. The van der Waals surface area contributed by atoms with Crippen LogP contribution in [0.15, 0.2) is 24.3 Å². The number of halogens is 1. The number of nitrogens with one attached hydrogen (secondary N) is 2. The van der Waals surface area contributed by atoms with Crippen molar-refractivity contribution < 1.29 is 17.9 Å². The van der Waals surface area contributed by atoms with Crippen LogP contribution in [0.1, 0.15) is 44.1 Å². The number of ether oxygens (including phenoxy) is 1. The normalized spacial score (nSPS) is 20.8. The van der Waals surface area contributed by atoms with E-state index in [1.165, 1.54) is 6.26 Å². The summed E-state index contributed by atoms with van der Waals surface area (Å²) in [6.45, 7) is 1.55. The zero-order valence-corrected chi connectivity index (χ0v) is 18.3. The van der Waals surface area contributed by atoms with Crippen LogP contribution in [0.5, 0.6) is 5.75 Å². The number of sulfone groups is 1. The minimum Gasteiger partial charge on any atom is -0.497 e. The lowest BCUT2D eigenvalue weighted by atomic mass is 9.78. The predicted molar refractivity (Wildman–Crippen MR) is 113 cm³/mol. The van der Waals surface area contributed by atoms with Gasteiger partial charge in [0.2, 0.25) is 5.91 Å². The summed E-state index contributed by atoms with van der Waals surface area (Å²) in [5.41, 5.74) is 0.994. The molecule has 0 aromatic heterocycles. The third-order valence-electron chi connectivity index (χ3n) is 6.36. The molecule has 158 valence electrons. The summed E-state index contributed by atoms with van der Waals surface area (Å²) in [5.74, 6) is 0.455. The van der Waals surface area contributed by atoms with E-state index in [-0.39, 0.29) is 23.7 Å². The van der Waals surface area contributed by atoms with Gasteiger partial charge in [-0.05, 0) is 56.5 Å². The van der Waals surface area contributed by atoms with Gasteiger partial charge in [-0.3, -0.25) is 4.79 Å². The Labute approximate surface area is 174 Å². The molecule has 0 spiro atoms. The molecule has 1 aliphatic heterocycles. The molecule has 1 heterocycles. The molecule has 1 saturated carbocycles. The molecular weight excluding hydrogens is 400 g/mol. The molecule has 6 nitrogen and oxygen atoms in total. The van der Waals surface area contributed by atoms with Crippen LogP contribution in [0.4, 0.5) is 0 Å². The number of carbonyl (C=O) groups is 1. The van der Waals surface area contributed by atoms with Crippen LogP contribution in [0.2, 0.25) is 0 Å². The standard InChI is InChI=1S/C20H30N2O4S.ClH/c1-26-17-7-5-6-16(14-17)19(8-3-4-9-19)15-22-18(23)20(27(2,24)25)10-12-21-13-11-20;/h5-7,14,21H,3-4,8-13,15H2,1-2H3,(H,22,23);1H. The smallest absolute Gasteiger partial charge is 0.241 e. The van der Waals surface area contributed by atoms with Gasteiger partial charge in [-0.15, -0.1) is 12.4 Å². The highest BCUT2D eigenvalue weighted by molar-refractivity contribution is 7.92. The Morgan fingerprint density at radius 1 is 1.18 bits per heavy atom. The maximum absolute atomic E-state index is 13.1. The maximum Gasteiger partial charge on any atom is 0.241 e. The second kappa shape index (κ2) is 9.01.